The van der Waals surface area contributed by atoms with Crippen molar-refractivity contribution < 1.29 is 5.11 Å². The first-order valence-electron chi connectivity index (χ1n) is 7.03. The van der Waals surface area contributed by atoms with E-state index < -0.39 is 0 Å². The molecule has 2 bridgehead atoms. The molecule has 0 aliphatic heterocycles. The van der Waals surface area contributed by atoms with Crippen LogP contribution in [0.25, 0.3) is 0 Å². The molecule has 1 heteroatoms. The van der Waals surface area contributed by atoms with Crippen LogP contribution in [-0.4, -0.2) is 10.7 Å². The maximum absolute atomic E-state index is 10.5. The Morgan fingerprint density at radius 2 is 1.65 bits per heavy atom. The molecule has 90 valence electrons. The van der Waals surface area contributed by atoms with Crippen molar-refractivity contribution in [2.45, 2.75) is 49.5 Å². The summed E-state index contributed by atoms with van der Waals surface area (Å²) in [5.74, 6) is 1.36. The molecule has 1 aromatic rings. The first-order valence-corrected chi connectivity index (χ1v) is 7.03. The largest absolute Gasteiger partial charge is 0.389 e. The van der Waals surface area contributed by atoms with Gasteiger partial charge in [0, 0.05) is 11.3 Å². The van der Waals surface area contributed by atoms with Crippen molar-refractivity contribution in [2.75, 3.05) is 0 Å². The zero-order valence-electron chi connectivity index (χ0n) is 10.2. The van der Waals surface area contributed by atoms with Gasteiger partial charge < -0.3 is 5.11 Å². The standard InChI is InChI=1S/C16H20O/c17-16-10-15(11-16,13-8-2-1-3-9-13)14(16)12-6-4-5-7-12/h1-3,8-9,12,14,17H,4-7,10-11H2/t14-,15?,16?/m0/s1. The fourth-order valence-corrected chi connectivity index (χ4v) is 5.07. The zero-order valence-corrected chi connectivity index (χ0v) is 10.2. The molecule has 0 spiro atoms. The van der Waals surface area contributed by atoms with Crippen LogP contribution in [0.1, 0.15) is 44.1 Å². The Bertz CT molecular complexity index is 424. The van der Waals surface area contributed by atoms with E-state index in [2.05, 4.69) is 30.3 Å². The lowest BCUT2D eigenvalue weighted by Crippen LogP contribution is -2.79. The Morgan fingerprint density at radius 1 is 1.00 bits per heavy atom. The Morgan fingerprint density at radius 3 is 2.24 bits per heavy atom. The van der Waals surface area contributed by atoms with Gasteiger partial charge in [0.1, 0.15) is 0 Å². The SMILES string of the molecule is OC12CC(c3ccccc3)(C1)[C@@H]2C1CCCC1. The molecule has 0 saturated heterocycles. The van der Waals surface area contributed by atoms with Crippen molar-refractivity contribution in [3.8, 4) is 0 Å². The summed E-state index contributed by atoms with van der Waals surface area (Å²) < 4.78 is 0. The van der Waals surface area contributed by atoms with Crippen LogP contribution in [-0.2, 0) is 5.41 Å². The van der Waals surface area contributed by atoms with Gasteiger partial charge in [0.15, 0.2) is 0 Å². The van der Waals surface area contributed by atoms with Crippen molar-refractivity contribution in [1.82, 2.24) is 0 Å². The molecule has 0 heterocycles. The van der Waals surface area contributed by atoms with Gasteiger partial charge in [-0.05, 0) is 24.3 Å². The second-order valence-corrected chi connectivity index (χ2v) is 6.50. The van der Waals surface area contributed by atoms with Crippen LogP contribution in [0.3, 0.4) is 0 Å². The molecule has 0 amide bonds. The predicted octanol–water partition coefficient (Wildman–Crippen LogP) is 3.27. The molecule has 1 N–H and O–H groups in total. The van der Waals surface area contributed by atoms with E-state index >= 15 is 0 Å². The maximum atomic E-state index is 10.5. The third kappa shape index (κ3) is 1.14. The summed E-state index contributed by atoms with van der Waals surface area (Å²) in [7, 11) is 0. The molecular formula is C16H20O. The Hall–Kier alpha value is -0.820. The van der Waals surface area contributed by atoms with Gasteiger partial charge in [-0.2, -0.15) is 0 Å². The van der Waals surface area contributed by atoms with E-state index in [4.69, 9.17) is 0 Å². The summed E-state index contributed by atoms with van der Waals surface area (Å²) in [4.78, 5) is 0. The smallest absolute Gasteiger partial charge is 0.0704 e. The zero-order chi connectivity index (χ0) is 11.5. The molecule has 0 aromatic heterocycles. The lowest BCUT2D eigenvalue weighted by Gasteiger charge is -2.76. The van der Waals surface area contributed by atoms with Crippen molar-refractivity contribution >= 4 is 0 Å². The quantitative estimate of drug-likeness (QED) is 0.823. The number of rotatable bonds is 2. The number of hydrogen-bond donors (Lipinski definition) is 1. The molecule has 1 atom stereocenters. The van der Waals surface area contributed by atoms with E-state index in [1.54, 1.807) is 0 Å². The van der Waals surface area contributed by atoms with Crippen LogP contribution in [0, 0.1) is 11.8 Å². The van der Waals surface area contributed by atoms with Gasteiger partial charge in [0.2, 0.25) is 0 Å². The molecule has 4 aliphatic carbocycles. The minimum Gasteiger partial charge on any atom is -0.389 e. The van der Waals surface area contributed by atoms with Crippen LogP contribution in [0.4, 0.5) is 0 Å². The molecule has 4 fully saturated rings. The highest BCUT2D eigenvalue weighted by Gasteiger charge is 2.76. The summed E-state index contributed by atoms with van der Waals surface area (Å²) in [5.41, 5.74) is 1.54. The average molecular weight is 228 g/mol. The van der Waals surface area contributed by atoms with Gasteiger partial charge in [-0.1, -0.05) is 56.0 Å². The second-order valence-electron chi connectivity index (χ2n) is 6.50. The Balaban J connectivity index is 1.67. The molecule has 17 heavy (non-hydrogen) atoms. The average Bonchev–Trinajstić information content (AvgIpc) is 2.78. The number of aliphatic hydroxyl groups is 1. The molecule has 4 aliphatic rings. The van der Waals surface area contributed by atoms with Gasteiger partial charge in [-0.3, -0.25) is 0 Å². The summed E-state index contributed by atoms with van der Waals surface area (Å²) in [6.07, 6.45) is 7.49. The van der Waals surface area contributed by atoms with Crippen LogP contribution < -0.4 is 0 Å². The fourth-order valence-electron chi connectivity index (χ4n) is 5.07. The van der Waals surface area contributed by atoms with E-state index in [0.29, 0.717) is 11.3 Å². The van der Waals surface area contributed by atoms with E-state index in [-0.39, 0.29) is 5.60 Å². The van der Waals surface area contributed by atoms with Crippen LogP contribution in [0.2, 0.25) is 0 Å². The van der Waals surface area contributed by atoms with Crippen LogP contribution in [0.15, 0.2) is 30.3 Å². The van der Waals surface area contributed by atoms with Gasteiger partial charge in [-0.15, -0.1) is 0 Å². The lowest BCUT2D eigenvalue weighted by molar-refractivity contribution is -0.293. The number of benzene rings is 1. The molecule has 1 aromatic carbocycles. The van der Waals surface area contributed by atoms with E-state index in [0.717, 1.165) is 18.8 Å². The predicted molar refractivity (Wildman–Crippen MR) is 67.8 cm³/mol. The molecule has 1 nitrogen and oxygen atoms in total. The maximum Gasteiger partial charge on any atom is 0.0704 e. The summed E-state index contributed by atoms with van der Waals surface area (Å²) in [5, 5.41) is 10.5. The Kier molecular flexibility index (Phi) is 1.87. The highest BCUT2D eigenvalue weighted by molar-refractivity contribution is 5.43. The van der Waals surface area contributed by atoms with Crippen LogP contribution in [0.5, 0.6) is 0 Å². The third-order valence-corrected chi connectivity index (χ3v) is 5.64. The summed E-state index contributed by atoms with van der Waals surface area (Å²) >= 11 is 0. The van der Waals surface area contributed by atoms with Gasteiger partial charge in [-0.25, -0.2) is 0 Å². The summed E-state index contributed by atoms with van der Waals surface area (Å²) in [6.45, 7) is 0. The second kappa shape index (κ2) is 3.14. The van der Waals surface area contributed by atoms with Crippen LogP contribution >= 0.6 is 0 Å². The first kappa shape index (κ1) is 10.1. The summed E-state index contributed by atoms with van der Waals surface area (Å²) in [6, 6.07) is 10.9. The van der Waals surface area contributed by atoms with Crippen molar-refractivity contribution in [1.29, 1.82) is 0 Å². The normalized spacial score (nSPS) is 44.2. The van der Waals surface area contributed by atoms with Gasteiger partial charge >= 0.3 is 0 Å². The van der Waals surface area contributed by atoms with E-state index in [1.165, 1.54) is 31.2 Å². The molecule has 0 unspecified atom stereocenters. The van der Waals surface area contributed by atoms with Gasteiger partial charge in [0.05, 0.1) is 5.60 Å². The highest BCUT2D eigenvalue weighted by atomic mass is 16.3. The molecule has 4 saturated carbocycles. The first-order chi connectivity index (χ1) is 8.25. The number of hydrogen-bond acceptors (Lipinski definition) is 1. The molecule has 0 radical (unpaired) electrons. The third-order valence-electron chi connectivity index (χ3n) is 5.64. The molecule has 5 rings (SSSR count). The minimum atomic E-state index is -0.287. The highest BCUT2D eigenvalue weighted by Crippen LogP contribution is 2.75. The topological polar surface area (TPSA) is 20.2 Å². The monoisotopic (exact) mass is 228 g/mol. The van der Waals surface area contributed by atoms with Crippen molar-refractivity contribution in [3.63, 3.8) is 0 Å². The Labute approximate surface area is 103 Å². The van der Waals surface area contributed by atoms with Crippen molar-refractivity contribution in [3.05, 3.63) is 35.9 Å². The van der Waals surface area contributed by atoms with E-state index in [1.807, 2.05) is 0 Å². The minimum absolute atomic E-state index is 0.287. The van der Waals surface area contributed by atoms with Gasteiger partial charge in [0.25, 0.3) is 0 Å². The molecular weight excluding hydrogens is 208 g/mol. The lowest BCUT2D eigenvalue weighted by atomic mass is 9.30. The fraction of sp³-hybridized carbons (Fsp3) is 0.625. The van der Waals surface area contributed by atoms with Crippen molar-refractivity contribution in [2.24, 2.45) is 11.8 Å². The van der Waals surface area contributed by atoms with E-state index in [9.17, 15) is 5.11 Å².